The predicted molar refractivity (Wildman–Crippen MR) is 59.0 cm³/mol. The number of benzene rings is 1. The molecule has 0 unspecified atom stereocenters. The van der Waals surface area contributed by atoms with Crippen molar-refractivity contribution in [2.75, 3.05) is 20.7 Å². The molecule has 1 aliphatic rings. The Morgan fingerprint density at radius 2 is 2.20 bits per heavy atom. The van der Waals surface area contributed by atoms with Crippen LogP contribution in [0.25, 0.3) is 0 Å². The molecule has 0 aliphatic carbocycles. The van der Waals surface area contributed by atoms with E-state index in [1.54, 1.807) is 7.11 Å². The van der Waals surface area contributed by atoms with Gasteiger partial charge in [0, 0.05) is 18.7 Å². The summed E-state index contributed by atoms with van der Waals surface area (Å²) >= 11 is 0. The molecule has 2 rings (SSSR count). The summed E-state index contributed by atoms with van der Waals surface area (Å²) in [6, 6.07) is 4.12. The number of fused-ring (bicyclic) bond motifs is 1. The van der Waals surface area contributed by atoms with E-state index in [1.165, 1.54) is 11.1 Å². The minimum Gasteiger partial charge on any atom is -0.496 e. The van der Waals surface area contributed by atoms with Gasteiger partial charge in [-0.3, -0.25) is 0 Å². The Bertz CT molecular complexity index is 363. The van der Waals surface area contributed by atoms with Crippen LogP contribution in [0, 0.1) is 0 Å². The van der Waals surface area contributed by atoms with E-state index in [2.05, 4.69) is 24.1 Å². The number of rotatable bonds is 2. The Labute approximate surface area is 90.3 Å². The van der Waals surface area contributed by atoms with Crippen LogP contribution in [0.4, 0.5) is 0 Å². The zero-order chi connectivity index (χ0) is 10.8. The Morgan fingerprint density at radius 1 is 1.40 bits per heavy atom. The van der Waals surface area contributed by atoms with Crippen molar-refractivity contribution < 1.29 is 9.84 Å². The number of ether oxygens (including phenoxy) is 1. The molecular formula is C12H17NO2. The van der Waals surface area contributed by atoms with Crippen LogP contribution in [0.1, 0.15) is 16.7 Å². The number of likely N-dealkylation sites (N-methyl/N-ethyl adjacent to an activating group) is 1. The van der Waals surface area contributed by atoms with Gasteiger partial charge in [0.15, 0.2) is 0 Å². The number of aliphatic hydroxyl groups excluding tert-OH is 1. The molecule has 0 amide bonds. The highest BCUT2D eigenvalue weighted by Crippen LogP contribution is 2.27. The summed E-state index contributed by atoms with van der Waals surface area (Å²) in [5.74, 6) is 0.798. The third kappa shape index (κ3) is 1.98. The van der Waals surface area contributed by atoms with Crippen LogP contribution >= 0.6 is 0 Å². The summed E-state index contributed by atoms with van der Waals surface area (Å²) < 4.78 is 5.26. The second-order valence-electron chi connectivity index (χ2n) is 4.08. The highest BCUT2D eigenvalue weighted by Gasteiger charge is 2.16. The lowest BCUT2D eigenvalue weighted by atomic mass is 9.97. The number of hydrogen-bond donors (Lipinski definition) is 1. The first-order valence-electron chi connectivity index (χ1n) is 5.22. The molecule has 0 aromatic heterocycles. The first-order chi connectivity index (χ1) is 7.24. The molecule has 0 fully saturated rings. The van der Waals surface area contributed by atoms with E-state index >= 15 is 0 Å². The molecule has 3 nitrogen and oxygen atoms in total. The van der Waals surface area contributed by atoms with E-state index in [-0.39, 0.29) is 6.61 Å². The van der Waals surface area contributed by atoms with Gasteiger partial charge in [-0.15, -0.1) is 0 Å². The van der Waals surface area contributed by atoms with Crippen molar-refractivity contribution in [2.45, 2.75) is 19.6 Å². The van der Waals surface area contributed by atoms with E-state index in [1.807, 2.05) is 0 Å². The standard InChI is InChI=1S/C12H17NO2/c1-13-4-3-9-5-11(8-14)12(15-2)6-10(9)7-13/h5-6,14H,3-4,7-8H2,1-2H3. The molecule has 15 heavy (non-hydrogen) atoms. The fourth-order valence-electron chi connectivity index (χ4n) is 2.09. The lowest BCUT2D eigenvalue weighted by molar-refractivity contribution is 0.272. The zero-order valence-electron chi connectivity index (χ0n) is 9.29. The Hall–Kier alpha value is -1.06. The van der Waals surface area contributed by atoms with Crippen LogP contribution in [-0.2, 0) is 19.6 Å². The molecule has 0 atom stereocenters. The van der Waals surface area contributed by atoms with E-state index in [9.17, 15) is 5.11 Å². The number of methoxy groups -OCH3 is 1. The van der Waals surface area contributed by atoms with Crippen LogP contribution < -0.4 is 4.74 Å². The maximum atomic E-state index is 9.21. The van der Waals surface area contributed by atoms with E-state index in [4.69, 9.17) is 4.74 Å². The SMILES string of the molecule is COc1cc2c(cc1CO)CCN(C)C2. The monoisotopic (exact) mass is 207 g/mol. The average molecular weight is 207 g/mol. The number of hydrogen-bond acceptors (Lipinski definition) is 3. The molecule has 1 aliphatic heterocycles. The van der Waals surface area contributed by atoms with Gasteiger partial charge in [-0.05, 0) is 36.7 Å². The molecule has 1 aromatic carbocycles. The summed E-state index contributed by atoms with van der Waals surface area (Å²) in [6.45, 7) is 2.11. The van der Waals surface area contributed by atoms with Crippen LogP contribution in [-0.4, -0.2) is 30.7 Å². The van der Waals surface area contributed by atoms with Gasteiger partial charge in [0.2, 0.25) is 0 Å². The maximum absolute atomic E-state index is 9.21. The normalized spacial score (nSPS) is 16.2. The van der Waals surface area contributed by atoms with Gasteiger partial charge in [0.1, 0.15) is 5.75 Å². The Kier molecular flexibility index (Phi) is 2.93. The first kappa shape index (κ1) is 10.5. The highest BCUT2D eigenvalue weighted by molar-refractivity contribution is 5.43. The van der Waals surface area contributed by atoms with E-state index in [0.717, 1.165) is 30.8 Å². The van der Waals surface area contributed by atoms with Gasteiger partial charge >= 0.3 is 0 Å². The van der Waals surface area contributed by atoms with Gasteiger partial charge in [-0.2, -0.15) is 0 Å². The van der Waals surface area contributed by atoms with Crippen molar-refractivity contribution >= 4 is 0 Å². The fourth-order valence-corrected chi connectivity index (χ4v) is 2.09. The fraction of sp³-hybridized carbons (Fsp3) is 0.500. The van der Waals surface area contributed by atoms with Crippen molar-refractivity contribution in [1.29, 1.82) is 0 Å². The molecule has 1 aromatic rings. The molecule has 1 heterocycles. The quantitative estimate of drug-likeness (QED) is 0.790. The second-order valence-corrected chi connectivity index (χ2v) is 4.08. The lowest BCUT2D eigenvalue weighted by Crippen LogP contribution is -2.26. The predicted octanol–water partition coefficient (Wildman–Crippen LogP) is 1.18. The van der Waals surface area contributed by atoms with Crippen LogP contribution in [0.3, 0.4) is 0 Å². The largest absolute Gasteiger partial charge is 0.496 e. The van der Waals surface area contributed by atoms with Gasteiger partial charge in [-0.25, -0.2) is 0 Å². The Morgan fingerprint density at radius 3 is 2.87 bits per heavy atom. The van der Waals surface area contributed by atoms with Crippen molar-refractivity contribution in [3.63, 3.8) is 0 Å². The summed E-state index contributed by atoms with van der Waals surface area (Å²) in [6.07, 6.45) is 1.06. The summed E-state index contributed by atoms with van der Waals surface area (Å²) in [5.41, 5.74) is 3.55. The molecule has 0 spiro atoms. The highest BCUT2D eigenvalue weighted by atomic mass is 16.5. The number of aliphatic hydroxyl groups is 1. The Balaban J connectivity index is 2.41. The summed E-state index contributed by atoms with van der Waals surface area (Å²) in [5, 5.41) is 9.21. The van der Waals surface area contributed by atoms with E-state index in [0.29, 0.717) is 0 Å². The molecule has 0 radical (unpaired) electrons. The molecule has 3 heteroatoms. The third-order valence-electron chi connectivity index (χ3n) is 2.98. The van der Waals surface area contributed by atoms with E-state index < -0.39 is 0 Å². The number of nitrogens with zero attached hydrogens (tertiary/aromatic N) is 1. The molecule has 0 saturated heterocycles. The molecule has 0 bridgehead atoms. The first-order valence-corrected chi connectivity index (χ1v) is 5.22. The molecule has 1 N–H and O–H groups in total. The minimum absolute atomic E-state index is 0.0479. The topological polar surface area (TPSA) is 32.7 Å². The minimum atomic E-state index is 0.0479. The lowest BCUT2D eigenvalue weighted by Gasteiger charge is -2.26. The molecular weight excluding hydrogens is 190 g/mol. The van der Waals surface area contributed by atoms with Gasteiger partial charge in [-0.1, -0.05) is 0 Å². The third-order valence-corrected chi connectivity index (χ3v) is 2.98. The van der Waals surface area contributed by atoms with Crippen molar-refractivity contribution in [1.82, 2.24) is 4.90 Å². The van der Waals surface area contributed by atoms with Crippen molar-refractivity contribution in [2.24, 2.45) is 0 Å². The van der Waals surface area contributed by atoms with Crippen LogP contribution in [0.2, 0.25) is 0 Å². The summed E-state index contributed by atoms with van der Waals surface area (Å²) in [7, 11) is 3.77. The average Bonchev–Trinajstić information content (AvgIpc) is 2.27. The smallest absolute Gasteiger partial charge is 0.124 e. The van der Waals surface area contributed by atoms with Crippen molar-refractivity contribution in [3.05, 3.63) is 28.8 Å². The van der Waals surface area contributed by atoms with Crippen molar-refractivity contribution in [3.8, 4) is 5.75 Å². The van der Waals surface area contributed by atoms with Gasteiger partial charge in [0.05, 0.1) is 13.7 Å². The van der Waals surface area contributed by atoms with Gasteiger partial charge in [0.25, 0.3) is 0 Å². The molecule has 0 saturated carbocycles. The summed E-state index contributed by atoms with van der Waals surface area (Å²) in [4.78, 5) is 2.29. The molecule has 82 valence electrons. The van der Waals surface area contributed by atoms with Gasteiger partial charge < -0.3 is 14.7 Å². The van der Waals surface area contributed by atoms with Crippen LogP contribution in [0.5, 0.6) is 5.75 Å². The van der Waals surface area contributed by atoms with Crippen LogP contribution in [0.15, 0.2) is 12.1 Å². The maximum Gasteiger partial charge on any atom is 0.124 e. The zero-order valence-corrected chi connectivity index (χ0v) is 9.29. The second kappa shape index (κ2) is 4.21.